The molecular formula is C17H26N3O2S+. The van der Waals surface area contributed by atoms with Crippen molar-refractivity contribution in [1.82, 2.24) is 4.90 Å². The van der Waals surface area contributed by atoms with Gasteiger partial charge < -0.3 is 15.1 Å². The van der Waals surface area contributed by atoms with Crippen LogP contribution in [0.4, 0.5) is 5.69 Å². The van der Waals surface area contributed by atoms with Crippen molar-refractivity contribution in [2.24, 2.45) is 0 Å². The van der Waals surface area contributed by atoms with E-state index in [1.54, 1.807) is 11.8 Å². The van der Waals surface area contributed by atoms with E-state index in [1.807, 2.05) is 49.4 Å². The molecule has 1 aliphatic heterocycles. The van der Waals surface area contributed by atoms with E-state index in [2.05, 4.69) is 5.32 Å². The summed E-state index contributed by atoms with van der Waals surface area (Å²) in [4.78, 5) is 28.5. The summed E-state index contributed by atoms with van der Waals surface area (Å²) in [5, 5.41) is 2.95. The van der Waals surface area contributed by atoms with Crippen molar-refractivity contribution in [3.8, 4) is 0 Å². The first-order valence-corrected chi connectivity index (χ1v) is 9.29. The molecule has 0 spiro atoms. The molecule has 6 heteroatoms. The van der Waals surface area contributed by atoms with Gasteiger partial charge in [-0.1, -0.05) is 12.1 Å². The number of carbonyl (C=O) groups excluding carboxylic acids is 2. The molecule has 1 aromatic carbocycles. The second-order valence-corrected chi connectivity index (χ2v) is 6.87. The van der Waals surface area contributed by atoms with Crippen molar-refractivity contribution in [1.29, 1.82) is 0 Å². The van der Waals surface area contributed by atoms with Crippen LogP contribution in [0, 0.1) is 0 Å². The summed E-state index contributed by atoms with van der Waals surface area (Å²) in [7, 11) is 1.90. The Balaban J connectivity index is 1.89. The first-order chi connectivity index (χ1) is 11.0. The topological polar surface area (TPSA) is 53.9 Å². The van der Waals surface area contributed by atoms with Gasteiger partial charge in [-0.2, -0.15) is 0 Å². The first-order valence-electron chi connectivity index (χ1n) is 8.07. The standard InChI is InChI=1S/C17H25N3O2S/c1-13(17(22)20-10-6-7-11-20)19(2)12-16(21)18-14-8-4-5-9-15(14)23-3/h4-5,8-9,13H,6-7,10-12H2,1-3H3,(H,18,21)/p+1/t13-/m0/s1. The summed E-state index contributed by atoms with van der Waals surface area (Å²) in [5.74, 6) is 0.0855. The maximum Gasteiger partial charge on any atom is 0.280 e. The molecule has 1 fully saturated rings. The van der Waals surface area contributed by atoms with Crippen molar-refractivity contribution in [3.05, 3.63) is 24.3 Å². The second kappa shape index (κ2) is 8.36. The van der Waals surface area contributed by atoms with Gasteiger partial charge in [0.15, 0.2) is 12.6 Å². The zero-order chi connectivity index (χ0) is 16.8. The van der Waals surface area contributed by atoms with Gasteiger partial charge in [0, 0.05) is 18.0 Å². The Morgan fingerprint density at radius 2 is 1.96 bits per heavy atom. The van der Waals surface area contributed by atoms with Gasteiger partial charge in [0.2, 0.25) is 0 Å². The zero-order valence-electron chi connectivity index (χ0n) is 14.1. The number of thioether (sulfide) groups is 1. The maximum atomic E-state index is 12.4. The summed E-state index contributed by atoms with van der Waals surface area (Å²) in [5.41, 5.74) is 0.830. The number of hydrogen-bond donors (Lipinski definition) is 2. The van der Waals surface area contributed by atoms with E-state index in [0.717, 1.165) is 41.4 Å². The van der Waals surface area contributed by atoms with Crippen molar-refractivity contribution < 1.29 is 14.5 Å². The molecule has 0 aliphatic carbocycles. The highest BCUT2D eigenvalue weighted by Gasteiger charge is 2.29. The van der Waals surface area contributed by atoms with Crippen molar-refractivity contribution in [2.75, 3.05) is 38.3 Å². The fraction of sp³-hybridized carbons (Fsp3) is 0.529. The van der Waals surface area contributed by atoms with E-state index in [9.17, 15) is 9.59 Å². The van der Waals surface area contributed by atoms with E-state index in [-0.39, 0.29) is 24.4 Å². The highest BCUT2D eigenvalue weighted by Crippen LogP contribution is 2.24. The smallest absolute Gasteiger partial charge is 0.280 e. The van der Waals surface area contributed by atoms with Crippen molar-refractivity contribution in [3.63, 3.8) is 0 Å². The van der Waals surface area contributed by atoms with Crippen LogP contribution in [-0.4, -0.2) is 55.7 Å². The second-order valence-electron chi connectivity index (χ2n) is 6.03. The fourth-order valence-corrected chi connectivity index (χ4v) is 3.32. The normalized spacial score (nSPS) is 16.9. The van der Waals surface area contributed by atoms with Crippen LogP contribution < -0.4 is 10.2 Å². The molecule has 2 atom stereocenters. The number of benzene rings is 1. The molecule has 0 radical (unpaired) electrons. The molecule has 5 nitrogen and oxygen atoms in total. The third-order valence-corrected chi connectivity index (χ3v) is 5.14. The van der Waals surface area contributed by atoms with Crippen LogP contribution in [0.15, 0.2) is 29.2 Å². The molecule has 23 heavy (non-hydrogen) atoms. The van der Waals surface area contributed by atoms with Gasteiger partial charge in [-0.25, -0.2) is 0 Å². The fourth-order valence-electron chi connectivity index (χ4n) is 2.77. The lowest BCUT2D eigenvalue weighted by molar-refractivity contribution is -0.886. The number of hydrogen-bond acceptors (Lipinski definition) is 3. The van der Waals surface area contributed by atoms with Crippen LogP contribution in [-0.2, 0) is 9.59 Å². The Hall–Kier alpha value is -1.53. The molecular weight excluding hydrogens is 310 g/mol. The Kier molecular flexibility index (Phi) is 6.47. The number of likely N-dealkylation sites (tertiary alicyclic amines) is 1. The lowest BCUT2D eigenvalue weighted by Crippen LogP contribution is -3.15. The van der Waals surface area contributed by atoms with Crippen molar-refractivity contribution >= 4 is 29.3 Å². The molecule has 126 valence electrons. The number of nitrogens with zero attached hydrogens (tertiary/aromatic N) is 1. The quantitative estimate of drug-likeness (QED) is 0.758. The predicted molar refractivity (Wildman–Crippen MR) is 93.9 cm³/mol. The van der Waals surface area contributed by atoms with E-state index >= 15 is 0 Å². The summed E-state index contributed by atoms with van der Waals surface area (Å²) in [6.07, 6.45) is 4.16. The highest BCUT2D eigenvalue weighted by atomic mass is 32.2. The van der Waals surface area contributed by atoms with Crippen LogP contribution in [0.5, 0.6) is 0 Å². The Morgan fingerprint density at radius 1 is 1.30 bits per heavy atom. The minimum atomic E-state index is -0.199. The van der Waals surface area contributed by atoms with Gasteiger partial charge in [-0.05, 0) is 38.2 Å². The largest absolute Gasteiger partial charge is 0.338 e. The Morgan fingerprint density at radius 3 is 2.61 bits per heavy atom. The van der Waals surface area contributed by atoms with Gasteiger partial charge in [0.05, 0.1) is 12.7 Å². The van der Waals surface area contributed by atoms with Gasteiger partial charge in [-0.3, -0.25) is 9.59 Å². The number of para-hydroxylation sites is 1. The summed E-state index contributed by atoms with van der Waals surface area (Å²) < 4.78 is 0. The molecule has 1 saturated heterocycles. The minimum absolute atomic E-state index is 0.0647. The molecule has 0 aromatic heterocycles. The molecule has 1 unspecified atom stereocenters. The summed E-state index contributed by atoms with van der Waals surface area (Å²) in [6, 6.07) is 7.55. The molecule has 2 amide bonds. The number of carbonyl (C=O) groups is 2. The molecule has 1 aliphatic rings. The average molecular weight is 336 g/mol. The van der Waals surface area contributed by atoms with Gasteiger partial charge in [-0.15, -0.1) is 11.8 Å². The summed E-state index contributed by atoms with van der Waals surface area (Å²) in [6.45, 7) is 3.88. The van der Waals surface area contributed by atoms with E-state index in [0.29, 0.717) is 0 Å². The molecule has 1 heterocycles. The molecule has 1 aromatic rings. The lowest BCUT2D eigenvalue weighted by Gasteiger charge is -2.25. The number of anilines is 1. The predicted octanol–water partition coefficient (Wildman–Crippen LogP) is 0.873. The monoisotopic (exact) mass is 336 g/mol. The van der Waals surface area contributed by atoms with Crippen LogP contribution in [0.1, 0.15) is 19.8 Å². The molecule has 2 N–H and O–H groups in total. The number of rotatable bonds is 6. The van der Waals surface area contributed by atoms with Gasteiger partial charge in [0.1, 0.15) is 0 Å². The minimum Gasteiger partial charge on any atom is -0.338 e. The van der Waals surface area contributed by atoms with E-state index in [1.165, 1.54) is 0 Å². The van der Waals surface area contributed by atoms with Crippen molar-refractivity contribution in [2.45, 2.75) is 30.7 Å². The van der Waals surface area contributed by atoms with Crippen LogP contribution in [0.3, 0.4) is 0 Å². The number of nitrogens with one attached hydrogen (secondary N) is 2. The highest BCUT2D eigenvalue weighted by molar-refractivity contribution is 7.98. The number of quaternary nitrogens is 1. The third-order valence-electron chi connectivity index (χ3n) is 4.35. The van der Waals surface area contributed by atoms with E-state index in [4.69, 9.17) is 0 Å². The van der Waals surface area contributed by atoms with Gasteiger partial charge >= 0.3 is 0 Å². The van der Waals surface area contributed by atoms with Crippen LogP contribution in [0.25, 0.3) is 0 Å². The van der Waals surface area contributed by atoms with Crippen LogP contribution in [0.2, 0.25) is 0 Å². The molecule has 2 rings (SSSR count). The molecule has 0 bridgehead atoms. The first kappa shape index (κ1) is 17.8. The van der Waals surface area contributed by atoms with E-state index < -0.39 is 0 Å². The summed E-state index contributed by atoms with van der Waals surface area (Å²) >= 11 is 1.60. The third kappa shape index (κ3) is 4.72. The molecule has 0 saturated carbocycles. The SMILES string of the molecule is CSc1ccccc1NC(=O)C[NH+](C)[C@@H](C)C(=O)N1CCCC1. The maximum absolute atomic E-state index is 12.4. The zero-order valence-corrected chi connectivity index (χ0v) is 14.9. The van der Waals surface area contributed by atoms with Crippen LogP contribution >= 0.6 is 11.8 Å². The van der Waals surface area contributed by atoms with Gasteiger partial charge in [0.25, 0.3) is 11.8 Å². The average Bonchev–Trinajstić information content (AvgIpc) is 3.08. The number of amides is 2. The Labute approximate surface area is 142 Å². The lowest BCUT2D eigenvalue weighted by atomic mass is 10.2. The Bertz CT molecular complexity index is 559. The number of likely N-dealkylation sites (N-methyl/N-ethyl adjacent to an activating group) is 1.